The first kappa shape index (κ1) is 12.2. The second-order valence-electron chi connectivity index (χ2n) is 4.07. The van der Waals surface area contributed by atoms with E-state index in [1.807, 2.05) is 20.2 Å². The van der Waals surface area contributed by atoms with Gasteiger partial charge in [-0.2, -0.15) is 0 Å². The topological polar surface area (TPSA) is 35.6 Å². The molecule has 1 fully saturated rings. The van der Waals surface area contributed by atoms with Crippen molar-refractivity contribution >= 4 is 5.91 Å². The molecular weight excluding hydrogens is 190 g/mol. The number of rotatable bonds is 4. The molecule has 1 N–H and O–H groups in total. The number of nitrogens with zero attached hydrogens (tertiary/aromatic N) is 2. The predicted octanol–water partition coefficient (Wildman–Crippen LogP) is -0.0755. The molecular formula is C11H21N3O. The van der Waals surface area contributed by atoms with E-state index in [2.05, 4.69) is 16.8 Å². The average Bonchev–Trinajstić information content (AvgIpc) is 2.25. The molecule has 1 unspecified atom stereocenters. The summed E-state index contributed by atoms with van der Waals surface area (Å²) in [6.07, 6.45) is 2.84. The molecule has 1 aliphatic heterocycles. The first-order valence-electron chi connectivity index (χ1n) is 5.43. The van der Waals surface area contributed by atoms with E-state index in [0.717, 1.165) is 32.6 Å². The summed E-state index contributed by atoms with van der Waals surface area (Å²) in [5, 5.41) is 3.26. The molecule has 1 amide bonds. The van der Waals surface area contributed by atoms with Gasteiger partial charge in [0.15, 0.2) is 0 Å². The van der Waals surface area contributed by atoms with Crippen molar-refractivity contribution in [3.05, 3.63) is 12.7 Å². The summed E-state index contributed by atoms with van der Waals surface area (Å²) >= 11 is 0. The van der Waals surface area contributed by atoms with Gasteiger partial charge in [-0.05, 0) is 6.42 Å². The molecule has 15 heavy (non-hydrogen) atoms. The number of likely N-dealkylation sites (N-methyl/N-ethyl adjacent to an activating group) is 1. The Morgan fingerprint density at radius 1 is 1.67 bits per heavy atom. The molecule has 1 aliphatic rings. The number of nitrogens with one attached hydrogen (secondary N) is 1. The lowest BCUT2D eigenvalue weighted by atomic mass is 10.1. The molecule has 4 nitrogen and oxygen atoms in total. The molecule has 0 aliphatic carbocycles. The van der Waals surface area contributed by atoms with Crippen LogP contribution in [0.5, 0.6) is 0 Å². The molecule has 1 heterocycles. The van der Waals surface area contributed by atoms with Crippen LogP contribution in [0, 0.1) is 0 Å². The van der Waals surface area contributed by atoms with E-state index in [-0.39, 0.29) is 11.9 Å². The third kappa shape index (κ3) is 3.32. The number of hydrogen-bond acceptors (Lipinski definition) is 3. The van der Waals surface area contributed by atoms with Gasteiger partial charge in [-0.25, -0.2) is 0 Å². The van der Waals surface area contributed by atoms with Crippen LogP contribution < -0.4 is 5.32 Å². The highest BCUT2D eigenvalue weighted by molar-refractivity contribution is 5.81. The van der Waals surface area contributed by atoms with E-state index in [1.54, 1.807) is 4.90 Å². The molecule has 4 heteroatoms. The van der Waals surface area contributed by atoms with Gasteiger partial charge in [0.05, 0.1) is 0 Å². The third-order valence-electron chi connectivity index (χ3n) is 2.70. The van der Waals surface area contributed by atoms with E-state index in [1.165, 1.54) is 0 Å². The summed E-state index contributed by atoms with van der Waals surface area (Å²) < 4.78 is 0. The Labute approximate surface area is 91.9 Å². The minimum atomic E-state index is -0.00583. The number of carbonyl (C=O) groups is 1. The van der Waals surface area contributed by atoms with Gasteiger partial charge in [-0.15, -0.1) is 6.58 Å². The lowest BCUT2D eigenvalue weighted by molar-refractivity contribution is -0.135. The maximum absolute atomic E-state index is 11.9. The van der Waals surface area contributed by atoms with E-state index in [0.29, 0.717) is 0 Å². The largest absolute Gasteiger partial charge is 0.347 e. The van der Waals surface area contributed by atoms with Gasteiger partial charge in [-0.1, -0.05) is 6.08 Å². The van der Waals surface area contributed by atoms with E-state index in [9.17, 15) is 4.79 Å². The molecule has 0 aromatic heterocycles. The van der Waals surface area contributed by atoms with Crippen molar-refractivity contribution in [2.75, 3.05) is 40.3 Å². The molecule has 0 bridgehead atoms. The van der Waals surface area contributed by atoms with E-state index >= 15 is 0 Å². The second-order valence-corrected chi connectivity index (χ2v) is 4.07. The van der Waals surface area contributed by atoms with Crippen LogP contribution in [0.1, 0.15) is 6.42 Å². The van der Waals surface area contributed by atoms with Crippen molar-refractivity contribution in [1.82, 2.24) is 15.1 Å². The number of piperazine rings is 1. The SMILES string of the molecule is C=CCCN1CCNCC1C(=O)N(C)C. The Balaban J connectivity index is 2.56. The van der Waals surface area contributed by atoms with Gasteiger partial charge >= 0.3 is 0 Å². The molecule has 1 atom stereocenters. The molecule has 86 valence electrons. The minimum absolute atomic E-state index is 0.00583. The van der Waals surface area contributed by atoms with Crippen LogP contribution in [0.3, 0.4) is 0 Å². The molecule has 0 aromatic rings. The van der Waals surface area contributed by atoms with Crippen LogP contribution in [0.15, 0.2) is 12.7 Å². The molecule has 1 saturated heterocycles. The van der Waals surface area contributed by atoms with Crippen LogP contribution >= 0.6 is 0 Å². The van der Waals surface area contributed by atoms with Crippen LogP contribution in [-0.4, -0.2) is 62.0 Å². The highest BCUT2D eigenvalue weighted by Gasteiger charge is 2.28. The van der Waals surface area contributed by atoms with Gasteiger partial charge in [0.1, 0.15) is 6.04 Å². The van der Waals surface area contributed by atoms with Crippen LogP contribution in [0.2, 0.25) is 0 Å². The minimum Gasteiger partial charge on any atom is -0.347 e. The predicted molar refractivity (Wildman–Crippen MR) is 61.7 cm³/mol. The zero-order valence-corrected chi connectivity index (χ0v) is 9.70. The molecule has 1 rings (SSSR count). The third-order valence-corrected chi connectivity index (χ3v) is 2.70. The molecule has 0 radical (unpaired) electrons. The first-order valence-corrected chi connectivity index (χ1v) is 5.43. The standard InChI is InChI=1S/C11H21N3O/c1-4-5-7-14-8-6-12-9-10(14)11(15)13(2)3/h4,10,12H,1,5-9H2,2-3H3. The Kier molecular flexibility index (Phi) is 4.78. The van der Waals surface area contributed by atoms with Crippen LogP contribution in [0.4, 0.5) is 0 Å². The van der Waals surface area contributed by atoms with Crippen molar-refractivity contribution < 1.29 is 4.79 Å². The lowest BCUT2D eigenvalue weighted by Crippen LogP contribution is -2.57. The maximum atomic E-state index is 11.9. The normalized spacial score (nSPS) is 22.4. The molecule has 0 spiro atoms. The second kappa shape index (κ2) is 5.88. The Bertz CT molecular complexity index is 228. The quantitative estimate of drug-likeness (QED) is 0.661. The van der Waals surface area contributed by atoms with Gasteiger partial charge in [0, 0.05) is 40.3 Å². The fourth-order valence-corrected chi connectivity index (χ4v) is 1.81. The summed E-state index contributed by atoms with van der Waals surface area (Å²) in [6, 6.07) is -0.00583. The van der Waals surface area contributed by atoms with Gasteiger partial charge in [0.25, 0.3) is 0 Å². The van der Waals surface area contributed by atoms with Crippen molar-refractivity contribution in [2.45, 2.75) is 12.5 Å². The summed E-state index contributed by atoms with van der Waals surface area (Å²) in [5.41, 5.74) is 0. The fraction of sp³-hybridized carbons (Fsp3) is 0.727. The Morgan fingerprint density at radius 3 is 3.00 bits per heavy atom. The Hall–Kier alpha value is -0.870. The smallest absolute Gasteiger partial charge is 0.240 e. The first-order chi connectivity index (χ1) is 7.16. The number of hydrogen-bond donors (Lipinski definition) is 1. The van der Waals surface area contributed by atoms with Gasteiger partial charge < -0.3 is 10.2 Å². The van der Waals surface area contributed by atoms with Crippen molar-refractivity contribution in [3.63, 3.8) is 0 Å². The lowest BCUT2D eigenvalue weighted by Gasteiger charge is -2.36. The van der Waals surface area contributed by atoms with Crippen molar-refractivity contribution in [1.29, 1.82) is 0 Å². The van der Waals surface area contributed by atoms with Crippen LogP contribution in [-0.2, 0) is 4.79 Å². The summed E-state index contributed by atoms with van der Waals surface area (Å²) in [6.45, 7) is 7.31. The highest BCUT2D eigenvalue weighted by atomic mass is 16.2. The van der Waals surface area contributed by atoms with Crippen LogP contribution in [0.25, 0.3) is 0 Å². The van der Waals surface area contributed by atoms with Gasteiger partial charge in [-0.3, -0.25) is 9.69 Å². The van der Waals surface area contributed by atoms with E-state index in [4.69, 9.17) is 0 Å². The average molecular weight is 211 g/mol. The Morgan fingerprint density at radius 2 is 2.40 bits per heavy atom. The zero-order valence-electron chi connectivity index (χ0n) is 9.70. The summed E-state index contributed by atoms with van der Waals surface area (Å²) in [4.78, 5) is 15.8. The van der Waals surface area contributed by atoms with E-state index < -0.39 is 0 Å². The van der Waals surface area contributed by atoms with Crippen molar-refractivity contribution in [3.8, 4) is 0 Å². The highest BCUT2D eigenvalue weighted by Crippen LogP contribution is 2.06. The fourth-order valence-electron chi connectivity index (χ4n) is 1.81. The van der Waals surface area contributed by atoms with Gasteiger partial charge in [0.2, 0.25) is 5.91 Å². The summed E-state index contributed by atoms with van der Waals surface area (Å²) in [5.74, 6) is 0.186. The maximum Gasteiger partial charge on any atom is 0.240 e. The monoisotopic (exact) mass is 211 g/mol. The van der Waals surface area contributed by atoms with Crippen molar-refractivity contribution in [2.24, 2.45) is 0 Å². The number of amides is 1. The number of carbonyl (C=O) groups excluding carboxylic acids is 1. The zero-order chi connectivity index (χ0) is 11.3. The summed E-state index contributed by atoms with van der Waals surface area (Å²) in [7, 11) is 3.62. The molecule has 0 saturated carbocycles. The molecule has 0 aromatic carbocycles.